The highest BCUT2D eigenvalue weighted by atomic mass is 79.9. The minimum atomic E-state index is 0. The zero-order chi connectivity index (χ0) is 20.6. The second-order valence-corrected chi connectivity index (χ2v) is 10.7. The van der Waals surface area contributed by atoms with Crippen LogP contribution in [0.4, 0.5) is 0 Å². The van der Waals surface area contributed by atoms with Gasteiger partial charge in [0.1, 0.15) is 5.44 Å². The summed E-state index contributed by atoms with van der Waals surface area (Å²) in [6.45, 7) is 5.38. The van der Waals surface area contributed by atoms with Gasteiger partial charge in [-0.15, -0.1) is 28.7 Å². The molecule has 2 heterocycles. The molecule has 0 aromatic rings. The van der Waals surface area contributed by atoms with Crippen molar-refractivity contribution < 1.29 is 4.74 Å². The summed E-state index contributed by atoms with van der Waals surface area (Å²) >= 11 is 2.07. The summed E-state index contributed by atoms with van der Waals surface area (Å²) in [4.78, 5) is 4.63. The number of ether oxygens (including phenoxy) is 1. The van der Waals surface area contributed by atoms with Crippen LogP contribution in [0.1, 0.15) is 110 Å². The molecule has 0 aromatic carbocycles. The predicted octanol–water partition coefficient (Wildman–Crippen LogP) is 7.96. The summed E-state index contributed by atoms with van der Waals surface area (Å²) in [6.07, 6.45) is 27.2. The average Bonchev–Trinajstić information content (AvgIpc) is 3.33. The van der Waals surface area contributed by atoms with E-state index in [9.17, 15) is 0 Å². The Morgan fingerprint density at radius 3 is 1.83 bits per heavy atom. The van der Waals surface area contributed by atoms with E-state index in [0.29, 0.717) is 10.7 Å². The van der Waals surface area contributed by atoms with Crippen molar-refractivity contribution in [3.8, 4) is 0 Å². The Bertz CT molecular complexity index is 424. The summed E-state index contributed by atoms with van der Waals surface area (Å²) in [7, 11) is 2.13. The third-order valence-electron chi connectivity index (χ3n) is 6.23. The van der Waals surface area contributed by atoms with E-state index in [1.54, 1.807) is 0 Å². The Labute approximate surface area is 202 Å². The maximum Gasteiger partial charge on any atom is 0.103 e. The van der Waals surface area contributed by atoms with Gasteiger partial charge in [0.2, 0.25) is 0 Å². The van der Waals surface area contributed by atoms with E-state index in [1.807, 2.05) is 0 Å². The Kier molecular flexibility index (Phi) is 17.5. The molecule has 30 heavy (non-hydrogen) atoms. The van der Waals surface area contributed by atoms with Gasteiger partial charge in [0.05, 0.1) is 13.3 Å². The monoisotopic (exact) mass is 504 g/mol. The molecule has 0 amide bonds. The molecule has 0 spiro atoms. The minimum absolute atomic E-state index is 0. The van der Waals surface area contributed by atoms with Gasteiger partial charge in [0.15, 0.2) is 0 Å². The lowest BCUT2D eigenvalue weighted by atomic mass is 10.0. The Morgan fingerprint density at radius 2 is 1.33 bits per heavy atom. The van der Waals surface area contributed by atoms with Crippen LogP contribution in [0.15, 0.2) is 12.4 Å². The number of hydrogen-bond acceptors (Lipinski definition) is 4. The highest BCUT2D eigenvalue weighted by molar-refractivity contribution is 8.93. The molecule has 2 aliphatic heterocycles. The van der Waals surface area contributed by atoms with E-state index in [4.69, 9.17) is 4.74 Å². The zero-order valence-corrected chi connectivity index (χ0v) is 22.4. The molecule has 1 fully saturated rings. The van der Waals surface area contributed by atoms with Crippen molar-refractivity contribution in [2.45, 2.75) is 120 Å². The zero-order valence-electron chi connectivity index (χ0n) is 19.9. The second kappa shape index (κ2) is 18.7. The van der Waals surface area contributed by atoms with Crippen LogP contribution < -0.4 is 0 Å². The SMILES string of the molecule is Br.CCCCCCCCCCCCCCCCCC1OCC(CN2C=CN(C)C2)S1. The van der Waals surface area contributed by atoms with E-state index < -0.39 is 0 Å². The molecule has 0 radical (unpaired) electrons. The third-order valence-corrected chi connectivity index (χ3v) is 7.58. The van der Waals surface area contributed by atoms with E-state index >= 15 is 0 Å². The quantitative estimate of drug-likeness (QED) is 0.176. The van der Waals surface area contributed by atoms with Crippen molar-refractivity contribution in [2.24, 2.45) is 0 Å². The number of thioether (sulfide) groups is 1. The standard InChI is InChI=1S/C25H48N2OS.BrH/c1-3-4-5-6-7-8-9-10-11-12-13-14-15-16-17-18-25-28-22-24(29-25)21-27-20-19-26(2)23-27;/h19-20,24-25H,3-18,21-23H2,1-2H3;1H. The maximum absolute atomic E-state index is 6.02. The van der Waals surface area contributed by atoms with Crippen LogP contribution in [0.2, 0.25) is 0 Å². The summed E-state index contributed by atoms with van der Waals surface area (Å²) in [5, 5.41) is 0.646. The molecular weight excluding hydrogens is 456 g/mol. The van der Waals surface area contributed by atoms with E-state index in [1.165, 1.54) is 103 Å². The highest BCUT2D eigenvalue weighted by Crippen LogP contribution is 2.32. The number of unbranched alkanes of at least 4 members (excludes halogenated alkanes) is 14. The lowest BCUT2D eigenvalue weighted by Gasteiger charge is -2.20. The third kappa shape index (κ3) is 13.5. The molecule has 1 saturated heterocycles. The smallest absolute Gasteiger partial charge is 0.103 e. The normalized spacial score (nSPS) is 20.9. The molecule has 178 valence electrons. The van der Waals surface area contributed by atoms with Crippen LogP contribution in [-0.2, 0) is 4.74 Å². The highest BCUT2D eigenvalue weighted by Gasteiger charge is 2.27. The molecule has 0 aromatic heterocycles. The van der Waals surface area contributed by atoms with E-state index in [0.717, 1.165) is 19.8 Å². The first kappa shape index (κ1) is 28.2. The van der Waals surface area contributed by atoms with Gasteiger partial charge < -0.3 is 14.5 Å². The number of rotatable bonds is 18. The van der Waals surface area contributed by atoms with Gasteiger partial charge in [0, 0.05) is 31.2 Å². The molecule has 0 aliphatic carbocycles. The first-order valence-corrected chi connectivity index (χ1v) is 13.6. The van der Waals surface area contributed by atoms with Crippen molar-refractivity contribution in [2.75, 3.05) is 26.9 Å². The van der Waals surface area contributed by atoms with Crippen LogP contribution >= 0.6 is 28.7 Å². The van der Waals surface area contributed by atoms with Gasteiger partial charge in [0.25, 0.3) is 0 Å². The fourth-order valence-corrected chi connectivity index (χ4v) is 5.73. The predicted molar refractivity (Wildman–Crippen MR) is 139 cm³/mol. The molecule has 2 atom stereocenters. The lowest BCUT2D eigenvalue weighted by Crippen LogP contribution is -2.29. The van der Waals surface area contributed by atoms with Crippen LogP contribution in [0.5, 0.6) is 0 Å². The fourth-order valence-electron chi connectivity index (χ4n) is 4.41. The molecule has 0 saturated carbocycles. The largest absolute Gasteiger partial charge is 0.366 e. The summed E-state index contributed by atoms with van der Waals surface area (Å²) in [5.41, 5.74) is 0.450. The van der Waals surface area contributed by atoms with Crippen molar-refractivity contribution in [1.82, 2.24) is 9.80 Å². The van der Waals surface area contributed by atoms with E-state index in [2.05, 4.69) is 47.9 Å². The summed E-state index contributed by atoms with van der Waals surface area (Å²) < 4.78 is 6.02. The molecule has 2 rings (SSSR count). The molecule has 2 unspecified atom stereocenters. The number of halogens is 1. The van der Waals surface area contributed by atoms with Crippen molar-refractivity contribution in [3.63, 3.8) is 0 Å². The molecule has 0 bridgehead atoms. The Morgan fingerprint density at radius 1 is 0.800 bits per heavy atom. The fraction of sp³-hybridized carbons (Fsp3) is 0.920. The van der Waals surface area contributed by atoms with Crippen LogP contribution in [0, 0.1) is 0 Å². The first-order chi connectivity index (χ1) is 14.3. The second-order valence-electron chi connectivity index (χ2n) is 9.23. The van der Waals surface area contributed by atoms with Gasteiger partial charge in [-0.3, -0.25) is 0 Å². The van der Waals surface area contributed by atoms with Gasteiger partial charge in [-0.05, 0) is 12.8 Å². The van der Waals surface area contributed by atoms with E-state index in [-0.39, 0.29) is 17.0 Å². The first-order valence-electron chi connectivity index (χ1n) is 12.7. The molecule has 0 N–H and O–H groups in total. The van der Waals surface area contributed by atoms with Crippen molar-refractivity contribution in [1.29, 1.82) is 0 Å². The number of hydrogen-bond donors (Lipinski definition) is 0. The molecule has 3 nitrogen and oxygen atoms in total. The Hall–Kier alpha value is 0.130. The van der Waals surface area contributed by atoms with Crippen molar-refractivity contribution >= 4 is 28.7 Å². The minimum Gasteiger partial charge on any atom is -0.366 e. The van der Waals surface area contributed by atoms with Crippen LogP contribution in [0.3, 0.4) is 0 Å². The molecular formula is C25H49BrN2OS. The molecule has 5 heteroatoms. The number of nitrogens with zero attached hydrogens (tertiary/aromatic N) is 2. The lowest BCUT2D eigenvalue weighted by molar-refractivity contribution is 0.121. The maximum atomic E-state index is 6.02. The topological polar surface area (TPSA) is 15.7 Å². The van der Waals surface area contributed by atoms with Crippen LogP contribution in [-0.4, -0.2) is 47.4 Å². The molecule has 2 aliphatic rings. The van der Waals surface area contributed by atoms with Gasteiger partial charge in [-0.25, -0.2) is 0 Å². The van der Waals surface area contributed by atoms with Gasteiger partial charge in [-0.2, -0.15) is 0 Å². The average molecular weight is 506 g/mol. The summed E-state index contributed by atoms with van der Waals surface area (Å²) in [6, 6.07) is 0. The van der Waals surface area contributed by atoms with Gasteiger partial charge >= 0.3 is 0 Å². The van der Waals surface area contributed by atoms with Crippen molar-refractivity contribution in [3.05, 3.63) is 12.4 Å². The van der Waals surface area contributed by atoms with Crippen LogP contribution in [0.25, 0.3) is 0 Å². The summed E-state index contributed by atoms with van der Waals surface area (Å²) in [5.74, 6) is 0. The van der Waals surface area contributed by atoms with Gasteiger partial charge in [-0.1, -0.05) is 96.8 Å². The Balaban J connectivity index is 0.00000450.